The first kappa shape index (κ1) is 18.3. The van der Waals surface area contributed by atoms with Crippen LogP contribution >= 0.6 is 11.3 Å². The first-order valence-electron chi connectivity index (χ1n) is 7.73. The first-order valence-corrected chi connectivity index (χ1v) is 8.61. The highest BCUT2D eigenvalue weighted by atomic mass is 32.1. The van der Waals surface area contributed by atoms with E-state index < -0.39 is 16.8 Å². The maximum atomic E-state index is 11.8. The summed E-state index contributed by atoms with van der Waals surface area (Å²) in [5.41, 5.74) is 1.57. The van der Waals surface area contributed by atoms with E-state index in [1.807, 2.05) is 29.6 Å². The zero-order valence-corrected chi connectivity index (χ0v) is 15.0. The molecule has 1 aromatic carbocycles. The number of ether oxygens (including phenoxy) is 2. The van der Waals surface area contributed by atoms with Gasteiger partial charge >= 0.3 is 11.9 Å². The molecule has 3 aromatic rings. The molecule has 138 valence electrons. The van der Waals surface area contributed by atoms with Gasteiger partial charge in [-0.1, -0.05) is 0 Å². The maximum absolute atomic E-state index is 11.8. The van der Waals surface area contributed by atoms with E-state index in [-0.39, 0.29) is 12.4 Å². The predicted octanol–water partition coefficient (Wildman–Crippen LogP) is 4.08. The highest BCUT2D eigenvalue weighted by Gasteiger charge is 2.11. The first-order chi connectivity index (χ1) is 13.0. The van der Waals surface area contributed by atoms with E-state index in [9.17, 15) is 14.9 Å². The van der Waals surface area contributed by atoms with E-state index in [2.05, 4.69) is 4.98 Å². The molecule has 0 aliphatic heterocycles. The fraction of sp³-hybridized carbons (Fsp3) is 0.111. The molecular formula is C18H14N2O6S. The van der Waals surface area contributed by atoms with Gasteiger partial charge in [0.1, 0.15) is 28.0 Å². The summed E-state index contributed by atoms with van der Waals surface area (Å²) < 4.78 is 15.1. The van der Waals surface area contributed by atoms with Crippen LogP contribution in [0.15, 0.2) is 52.3 Å². The highest BCUT2D eigenvalue weighted by molar-refractivity contribution is 7.13. The number of methoxy groups -OCH3 is 1. The van der Waals surface area contributed by atoms with Crippen LogP contribution in [0.4, 0.5) is 5.88 Å². The normalized spacial score (nSPS) is 10.9. The van der Waals surface area contributed by atoms with Crippen LogP contribution in [0.2, 0.25) is 0 Å². The summed E-state index contributed by atoms with van der Waals surface area (Å²) in [5.74, 6) is -0.0446. The zero-order valence-electron chi connectivity index (χ0n) is 14.2. The van der Waals surface area contributed by atoms with Crippen molar-refractivity contribution in [2.45, 2.75) is 6.61 Å². The average Bonchev–Trinajstić information content (AvgIpc) is 3.34. The number of nitrogens with zero attached hydrogens (tertiary/aromatic N) is 2. The van der Waals surface area contributed by atoms with E-state index >= 15 is 0 Å². The number of hydrogen-bond acceptors (Lipinski definition) is 8. The summed E-state index contributed by atoms with van der Waals surface area (Å²) in [6.07, 6.45) is 2.44. The number of aromatic nitrogens is 1. The van der Waals surface area contributed by atoms with Gasteiger partial charge in [-0.3, -0.25) is 10.1 Å². The van der Waals surface area contributed by atoms with Gasteiger partial charge in [-0.15, -0.1) is 11.3 Å². The highest BCUT2D eigenvalue weighted by Crippen LogP contribution is 2.26. The van der Waals surface area contributed by atoms with E-state index in [1.54, 1.807) is 7.11 Å². The van der Waals surface area contributed by atoms with Crippen LogP contribution in [-0.4, -0.2) is 23.0 Å². The second-order valence-electron chi connectivity index (χ2n) is 5.25. The Morgan fingerprint density at radius 1 is 1.30 bits per heavy atom. The number of esters is 1. The number of benzene rings is 1. The molecule has 0 unspecified atom stereocenters. The lowest BCUT2D eigenvalue weighted by Gasteiger charge is -2.00. The Balaban J connectivity index is 1.55. The summed E-state index contributed by atoms with van der Waals surface area (Å²) in [6.45, 7) is 0.0220. The minimum absolute atomic E-state index is 0.0220. The molecule has 0 saturated heterocycles. The molecule has 9 heteroatoms. The van der Waals surface area contributed by atoms with E-state index in [4.69, 9.17) is 13.9 Å². The topological polar surface area (TPSA) is 105 Å². The van der Waals surface area contributed by atoms with Crippen molar-refractivity contribution in [1.29, 1.82) is 0 Å². The molecule has 0 spiro atoms. The van der Waals surface area contributed by atoms with Crippen molar-refractivity contribution in [2.24, 2.45) is 0 Å². The summed E-state index contributed by atoms with van der Waals surface area (Å²) in [6, 6.07) is 10.1. The molecule has 2 aromatic heterocycles. The fourth-order valence-corrected chi connectivity index (χ4v) is 2.92. The Hall–Kier alpha value is -3.46. The molecule has 0 atom stereocenters. The molecule has 0 fully saturated rings. The largest absolute Gasteiger partial charge is 0.497 e. The number of nitro groups is 1. The van der Waals surface area contributed by atoms with E-state index in [1.165, 1.54) is 29.5 Å². The van der Waals surface area contributed by atoms with Gasteiger partial charge in [-0.2, -0.15) is 0 Å². The molecule has 8 nitrogen and oxygen atoms in total. The molecule has 0 radical (unpaired) electrons. The van der Waals surface area contributed by atoms with Crippen molar-refractivity contribution in [3.05, 3.63) is 69.4 Å². The average molecular weight is 386 g/mol. The fourth-order valence-electron chi connectivity index (χ4n) is 2.11. The summed E-state index contributed by atoms with van der Waals surface area (Å²) in [4.78, 5) is 26.1. The summed E-state index contributed by atoms with van der Waals surface area (Å²) in [7, 11) is 1.60. The molecule has 0 saturated carbocycles. The van der Waals surface area contributed by atoms with Gasteiger partial charge in [0.2, 0.25) is 0 Å². The Bertz CT molecular complexity index is 974. The molecule has 27 heavy (non-hydrogen) atoms. The third-order valence-corrected chi connectivity index (χ3v) is 4.37. The van der Waals surface area contributed by atoms with Gasteiger partial charge in [0.05, 0.1) is 18.9 Å². The lowest BCUT2D eigenvalue weighted by atomic mass is 10.2. The predicted molar refractivity (Wildman–Crippen MR) is 98.3 cm³/mol. The molecular weight excluding hydrogens is 372 g/mol. The Kier molecular flexibility index (Phi) is 5.62. The van der Waals surface area contributed by atoms with E-state index in [0.29, 0.717) is 5.69 Å². The molecule has 0 amide bonds. The van der Waals surface area contributed by atoms with Gasteiger partial charge < -0.3 is 13.9 Å². The van der Waals surface area contributed by atoms with Crippen LogP contribution in [0.25, 0.3) is 16.6 Å². The SMILES string of the molecule is COc1ccc(-c2nc(COC(=O)/C=C/c3ccc([N+](=O)[O-])o3)cs2)cc1. The number of carbonyl (C=O) groups excluding carboxylic acids is 1. The van der Waals surface area contributed by atoms with Gasteiger partial charge in [-0.05, 0) is 36.4 Å². The van der Waals surface area contributed by atoms with Crippen LogP contribution in [0.1, 0.15) is 11.5 Å². The Labute approximate surface area is 157 Å². The monoisotopic (exact) mass is 386 g/mol. The van der Waals surface area contributed by atoms with Crippen molar-refractivity contribution >= 4 is 29.3 Å². The van der Waals surface area contributed by atoms with Gasteiger partial charge in [-0.25, -0.2) is 9.78 Å². The molecule has 0 aliphatic rings. The van der Waals surface area contributed by atoms with E-state index in [0.717, 1.165) is 22.4 Å². The van der Waals surface area contributed by atoms with Gasteiger partial charge in [0.15, 0.2) is 0 Å². The molecule has 0 aliphatic carbocycles. The third kappa shape index (κ3) is 4.79. The number of furan rings is 1. The number of thiazole rings is 1. The van der Waals surface area contributed by atoms with Crippen LogP contribution in [0, 0.1) is 10.1 Å². The minimum atomic E-state index is -0.654. The van der Waals surface area contributed by atoms with Crippen molar-refractivity contribution in [2.75, 3.05) is 7.11 Å². The molecule has 0 bridgehead atoms. The quantitative estimate of drug-likeness (QED) is 0.261. The zero-order chi connectivity index (χ0) is 19.2. The summed E-state index contributed by atoms with van der Waals surface area (Å²) in [5, 5.41) is 13.2. The van der Waals surface area contributed by atoms with Crippen LogP contribution in [-0.2, 0) is 16.1 Å². The Morgan fingerprint density at radius 2 is 2.07 bits per heavy atom. The van der Waals surface area contributed by atoms with Crippen LogP contribution in [0.3, 0.4) is 0 Å². The number of carbonyl (C=O) groups is 1. The second kappa shape index (κ2) is 8.28. The standard InChI is InChI=1S/C18H14N2O6S/c1-24-14-4-2-12(3-5-14)18-19-13(11-27-18)10-25-17(21)9-7-15-6-8-16(26-15)20(22)23/h2-9,11H,10H2,1H3/b9-7+. The Morgan fingerprint density at radius 3 is 2.74 bits per heavy atom. The summed E-state index contributed by atoms with van der Waals surface area (Å²) >= 11 is 1.44. The van der Waals surface area contributed by atoms with Crippen molar-refractivity contribution in [1.82, 2.24) is 4.98 Å². The minimum Gasteiger partial charge on any atom is -0.497 e. The number of rotatable bonds is 7. The number of hydrogen-bond donors (Lipinski definition) is 0. The van der Waals surface area contributed by atoms with Crippen molar-refractivity contribution < 1.29 is 23.6 Å². The smallest absolute Gasteiger partial charge is 0.433 e. The lowest BCUT2D eigenvalue weighted by molar-refractivity contribution is -0.402. The third-order valence-electron chi connectivity index (χ3n) is 3.43. The second-order valence-corrected chi connectivity index (χ2v) is 6.10. The van der Waals surface area contributed by atoms with Crippen LogP contribution < -0.4 is 4.74 Å². The molecule has 0 N–H and O–H groups in total. The van der Waals surface area contributed by atoms with Gasteiger partial charge in [0, 0.05) is 17.0 Å². The van der Waals surface area contributed by atoms with Gasteiger partial charge in [0.25, 0.3) is 0 Å². The van der Waals surface area contributed by atoms with Crippen LogP contribution in [0.5, 0.6) is 5.75 Å². The molecule has 2 heterocycles. The van der Waals surface area contributed by atoms with Crippen molar-refractivity contribution in [3.63, 3.8) is 0 Å². The van der Waals surface area contributed by atoms with Crippen molar-refractivity contribution in [3.8, 4) is 16.3 Å². The lowest BCUT2D eigenvalue weighted by Crippen LogP contribution is -2.00. The maximum Gasteiger partial charge on any atom is 0.433 e. The molecule has 3 rings (SSSR count).